The summed E-state index contributed by atoms with van der Waals surface area (Å²) in [5, 5.41) is 2.05. The van der Waals surface area contributed by atoms with E-state index in [2.05, 4.69) is 20.2 Å². The van der Waals surface area contributed by atoms with Gasteiger partial charge in [0.1, 0.15) is 0 Å². The van der Waals surface area contributed by atoms with E-state index in [0.29, 0.717) is 0 Å². The van der Waals surface area contributed by atoms with E-state index in [0.717, 1.165) is 30.2 Å². The number of nitrogens with two attached hydrogens (primary N) is 1. The maximum absolute atomic E-state index is 5.84. The van der Waals surface area contributed by atoms with Crippen LogP contribution in [-0.4, -0.2) is 21.9 Å². The molecule has 0 aromatic carbocycles. The lowest BCUT2D eigenvalue weighted by molar-refractivity contribution is 0.312. The number of aromatic nitrogens is 2. The number of hydrogen-bond donors (Lipinski definition) is 1. The smallest absolute Gasteiger partial charge is 0.0795 e. The number of rotatable bonds is 4. The van der Waals surface area contributed by atoms with Gasteiger partial charge in [-0.2, -0.15) is 0 Å². The second-order valence-electron chi connectivity index (χ2n) is 3.69. The molecule has 0 aliphatic carbocycles. The highest BCUT2D eigenvalue weighted by molar-refractivity contribution is 7.07. The Morgan fingerprint density at radius 2 is 2.25 bits per heavy atom. The van der Waals surface area contributed by atoms with Gasteiger partial charge in [-0.05, 0) is 19.2 Å². The molecule has 0 amide bonds. The molecular formula is C11H14N4S. The van der Waals surface area contributed by atoms with Gasteiger partial charge >= 0.3 is 0 Å². The quantitative estimate of drug-likeness (QED) is 0.875. The van der Waals surface area contributed by atoms with Crippen LogP contribution in [0.3, 0.4) is 0 Å². The molecule has 4 nitrogen and oxygen atoms in total. The van der Waals surface area contributed by atoms with Gasteiger partial charge in [-0.1, -0.05) is 0 Å². The molecule has 0 fully saturated rings. The highest BCUT2D eigenvalue weighted by Gasteiger charge is 2.06. The van der Waals surface area contributed by atoms with Crippen molar-refractivity contribution in [3.05, 3.63) is 40.6 Å². The van der Waals surface area contributed by atoms with Crippen LogP contribution < -0.4 is 5.73 Å². The van der Waals surface area contributed by atoms with Crippen molar-refractivity contribution >= 4 is 17.0 Å². The van der Waals surface area contributed by atoms with Gasteiger partial charge in [0.2, 0.25) is 0 Å². The second-order valence-corrected chi connectivity index (χ2v) is 4.41. The number of nitrogens with zero attached hydrogens (tertiary/aromatic N) is 3. The zero-order valence-electron chi connectivity index (χ0n) is 9.13. The summed E-state index contributed by atoms with van der Waals surface area (Å²) in [5.74, 6) is 0. The number of anilines is 1. The van der Waals surface area contributed by atoms with Crippen molar-refractivity contribution in [1.29, 1.82) is 0 Å². The van der Waals surface area contributed by atoms with E-state index in [-0.39, 0.29) is 0 Å². The zero-order chi connectivity index (χ0) is 11.4. The summed E-state index contributed by atoms with van der Waals surface area (Å²) in [6, 6.07) is 3.72. The molecule has 0 spiro atoms. The number of pyridine rings is 1. The first-order valence-electron chi connectivity index (χ1n) is 5.00. The first-order valence-corrected chi connectivity index (χ1v) is 5.95. The van der Waals surface area contributed by atoms with Crippen molar-refractivity contribution in [1.82, 2.24) is 14.9 Å². The Kier molecular flexibility index (Phi) is 3.48. The van der Waals surface area contributed by atoms with Gasteiger partial charge in [-0.3, -0.25) is 9.88 Å². The van der Waals surface area contributed by atoms with E-state index >= 15 is 0 Å². The molecule has 2 heterocycles. The molecule has 0 aliphatic rings. The molecule has 0 saturated heterocycles. The Morgan fingerprint density at radius 3 is 2.94 bits per heavy atom. The van der Waals surface area contributed by atoms with Crippen LogP contribution in [0.15, 0.2) is 29.2 Å². The summed E-state index contributed by atoms with van der Waals surface area (Å²) in [7, 11) is 2.04. The van der Waals surface area contributed by atoms with Gasteiger partial charge in [0.15, 0.2) is 0 Å². The van der Waals surface area contributed by atoms with Crippen LogP contribution in [0.4, 0.5) is 5.69 Å². The third-order valence-corrected chi connectivity index (χ3v) is 2.90. The minimum absolute atomic E-state index is 0.740. The highest BCUT2D eigenvalue weighted by atomic mass is 32.1. The molecule has 84 valence electrons. The van der Waals surface area contributed by atoms with Crippen molar-refractivity contribution < 1.29 is 0 Å². The van der Waals surface area contributed by atoms with Crippen molar-refractivity contribution in [2.45, 2.75) is 13.1 Å². The van der Waals surface area contributed by atoms with E-state index < -0.39 is 0 Å². The van der Waals surface area contributed by atoms with E-state index in [1.165, 1.54) is 0 Å². The minimum Gasteiger partial charge on any atom is -0.397 e. The molecule has 0 unspecified atom stereocenters. The lowest BCUT2D eigenvalue weighted by Crippen LogP contribution is -2.19. The van der Waals surface area contributed by atoms with E-state index in [4.69, 9.17) is 5.73 Å². The summed E-state index contributed by atoms with van der Waals surface area (Å²) in [6.07, 6.45) is 1.77. The van der Waals surface area contributed by atoms with Crippen LogP contribution in [0.25, 0.3) is 0 Å². The van der Waals surface area contributed by atoms with Gasteiger partial charge < -0.3 is 5.73 Å². The van der Waals surface area contributed by atoms with Crippen LogP contribution in [0.2, 0.25) is 0 Å². The predicted octanol–water partition coefficient (Wildman–Crippen LogP) is 1.75. The van der Waals surface area contributed by atoms with E-state index in [1.54, 1.807) is 17.5 Å². The summed E-state index contributed by atoms with van der Waals surface area (Å²) in [6.45, 7) is 1.56. The lowest BCUT2D eigenvalue weighted by Gasteiger charge is -2.15. The highest BCUT2D eigenvalue weighted by Crippen LogP contribution is 2.11. The van der Waals surface area contributed by atoms with Crippen molar-refractivity contribution in [3.8, 4) is 0 Å². The van der Waals surface area contributed by atoms with Gasteiger partial charge in [-0.15, -0.1) is 11.3 Å². The van der Waals surface area contributed by atoms with E-state index in [1.807, 2.05) is 24.7 Å². The fraction of sp³-hybridized carbons (Fsp3) is 0.273. The van der Waals surface area contributed by atoms with Crippen molar-refractivity contribution in [2.24, 2.45) is 0 Å². The molecule has 16 heavy (non-hydrogen) atoms. The van der Waals surface area contributed by atoms with Gasteiger partial charge in [0, 0.05) is 24.7 Å². The van der Waals surface area contributed by atoms with E-state index in [9.17, 15) is 0 Å². The molecule has 2 aromatic rings. The molecule has 2 rings (SSSR count). The first kappa shape index (κ1) is 11.0. The molecule has 0 saturated carbocycles. The number of hydrogen-bond acceptors (Lipinski definition) is 5. The van der Waals surface area contributed by atoms with Crippen LogP contribution in [0, 0.1) is 0 Å². The predicted molar refractivity (Wildman–Crippen MR) is 65.9 cm³/mol. The van der Waals surface area contributed by atoms with Crippen molar-refractivity contribution in [3.63, 3.8) is 0 Å². The Morgan fingerprint density at radius 1 is 1.38 bits per heavy atom. The standard InChI is InChI=1S/C11H14N4S/c1-15(5-9-7-16-8-14-9)6-11-10(12)3-2-4-13-11/h2-4,7-8H,5-6,12H2,1H3. The zero-order valence-corrected chi connectivity index (χ0v) is 9.94. The molecule has 0 aliphatic heterocycles. The second kappa shape index (κ2) is 5.05. The monoisotopic (exact) mass is 234 g/mol. The van der Waals surface area contributed by atoms with Crippen LogP contribution in [0.1, 0.15) is 11.4 Å². The van der Waals surface area contributed by atoms with Gasteiger partial charge in [-0.25, -0.2) is 4.98 Å². The molecule has 0 atom stereocenters. The Labute approximate surface area is 98.8 Å². The minimum atomic E-state index is 0.740. The maximum atomic E-state index is 5.84. The molecule has 0 radical (unpaired) electrons. The summed E-state index contributed by atoms with van der Waals surface area (Å²) in [5.41, 5.74) is 10.4. The molecule has 2 aromatic heterocycles. The Hall–Kier alpha value is -1.46. The van der Waals surface area contributed by atoms with Crippen LogP contribution in [0.5, 0.6) is 0 Å². The largest absolute Gasteiger partial charge is 0.397 e. The lowest BCUT2D eigenvalue weighted by atomic mass is 10.3. The SMILES string of the molecule is CN(Cc1cscn1)Cc1ncccc1N. The van der Waals surface area contributed by atoms with Crippen molar-refractivity contribution in [2.75, 3.05) is 12.8 Å². The summed E-state index contributed by atoms with van der Waals surface area (Å²) >= 11 is 1.61. The number of nitrogen functional groups attached to an aromatic ring is 1. The number of thiazole rings is 1. The topological polar surface area (TPSA) is 55.0 Å². The normalized spacial score (nSPS) is 10.9. The molecule has 5 heteroatoms. The van der Waals surface area contributed by atoms with Crippen LogP contribution in [-0.2, 0) is 13.1 Å². The average molecular weight is 234 g/mol. The fourth-order valence-electron chi connectivity index (χ4n) is 1.49. The summed E-state index contributed by atoms with van der Waals surface area (Å²) < 4.78 is 0. The van der Waals surface area contributed by atoms with Gasteiger partial charge in [0.25, 0.3) is 0 Å². The average Bonchev–Trinajstić information content (AvgIpc) is 2.74. The molecule has 2 N–H and O–H groups in total. The maximum Gasteiger partial charge on any atom is 0.0795 e. The Balaban J connectivity index is 1.97. The summed E-state index contributed by atoms with van der Waals surface area (Å²) in [4.78, 5) is 10.7. The molecule has 0 bridgehead atoms. The Bertz CT molecular complexity index is 441. The first-order chi connectivity index (χ1) is 7.75. The third kappa shape index (κ3) is 2.77. The van der Waals surface area contributed by atoms with Crippen LogP contribution >= 0.6 is 11.3 Å². The van der Waals surface area contributed by atoms with Gasteiger partial charge in [0.05, 0.1) is 22.6 Å². The molecular weight excluding hydrogens is 220 g/mol. The fourth-order valence-corrected chi connectivity index (χ4v) is 2.04. The third-order valence-electron chi connectivity index (χ3n) is 2.26.